The summed E-state index contributed by atoms with van der Waals surface area (Å²) in [6, 6.07) is -0.442. The van der Waals surface area contributed by atoms with Crippen molar-refractivity contribution in [2.24, 2.45) is 11.5 Å². The molecule has 9 nitrogen and oxygen atoms in total. The summed E-state index contributed by atoms with van der Waals surface area (Å²) in [6.45, 7) is 5.78. The third-order valence-electron chi connectivity index (χ3n) is 3.69. The number of hydrogen-bond donors (Lipinski definition) is 5. The molecule has 0 aromatic heterocycles. The number of carbonyl (C=O) groups is 4. The van der Waals surface area contributed by atoms with E-state index in [0.717, 1.165) is 33.6 Å². The maximum atomic E-state index is 11.4. The molecule has 0 saturated carbocycles. The molecule has 1 atom stereocenters. The molecule has 32 heavy (non-hydrogen) atoms. The van der Waals surface area contributed by atoms with Gasteiger partial charge in [-0.3, -0.25) is 19.2 Å². The fourth-order valence-corrected chi connectivity index (χ4v) is 2.28. The molecule has 0 radical (unpaired) electrons. The van der Waals surface area contributed by atoms with Gasteiger partial charge < -0.3 is 26.8 Å². The van der Waals surface area contributed by atoms with Crippen LogP contribution in [0.1, 0.15) is 105 Å². The quantitative estimate of drug-likeness (QED) is 0.186. The summed E-state index contributed by atoms with van der Waals surface area (Å²) in [6.07, 6.45) is 14.9. The summed E-state index contributed by atoms with van der Waals surface area (Å²) >= 11 is 0. The minimum absolute atomic E-state index is 0. The van der Waals surface area contributed by atoms with Crippen molar-refractivity contribution >= 4 is 53.2 Å². The summed E-state index contributed by atoms with van der Waals surface area (Å²) in [5, 5.41) is 22.2. The van der Waals surface area contributed by atoms with Gasteiger partial charge in [0.15, 0.2) is 5.78 Å². The van der Waals surface area contributed by atoms with Crippen molar-refractivity contribution in [3.8, 4) is 0 Å². The van der Waals surface area contributed by atoms with Crippen LogP contribution in [-0.2, 0) is 19.2 Å². The van der Waals surface area contributed by atoms with Crippen LogP contribution in [-0.4, -0.2) is 81.2 Å². The molecule has 0 aromatic carbocycles. The number of ketones is 1. The molecule has 0 aromatic rings. The number of Topliss-reactive ketones (excluding diaryl/α,β-unsaturated/α-hetero) is 1. The van der Waals surface area contributed by atoms with Crippen LogP contribution >= 0.6 is 0 Å². The number of nitrogens with two attached hydrogens (primary N) is 2. The van der Waals surface area contributed by atoms with E-state index in [2.05, 4.69) is 6.92 Å². The molecular formula is C22H47N2NaO7. The summed E-state index contributed by atoms with van der Waals surface area (Å²) in [7, 11) is 0. The molecular weight excluding hydrogens is 427 g/mol. The second kappa shape index (κ2) is 34.6. The maximum absolute atomic E-state index is 11.4. The fraction of sp³-hybridized carbons (Fsp3) is 0.818. The van der Waals surface area contributed by atoms with Crippen molar-refractivity contribution in [1.82, 2.24) is 0 Å². The van der Waals surface area contributed by atoms with E-state index in [0.29, 0.717) is 6.42 Å². The van der Waals surface area contributed by atoms with Crippen LogP contribution in [0.25, 0.3) is 0 Å². The van der Waals surface area contributed by atoms with Gasteiger partial charge >= 0.3 is 29.6 Å². The average Bonchev–Trinajstić information content (AvgIpc) is 2.64. The number of unbranched alkanes of at least 4 members (excludes halogenated alkanes) is 10. The first-order valence-electron chi connectivity index (χ1n) is 11.0. The van der Waals surface area contributed by atoms with Crippen molar-refractivity contribution in [2.45, 2.75) is 111 Å². The molecule has 0 fully saturated rings. The Morgan fingerprint density at radius 3 is 1.16 bits per heavy atom. The topological polar surface area (TPSA) is 181 Å². The van der Waals surface area contributed by atoms with Crippen molar-refractivity contribution in [3.05, 3.63) is 0 Å². The summed E-state index contributed by atoms with van der Waals surface area (Å²) in [5.41, 5.74) is 10.9. The van der Waals surface area contributed by atoms with Gasteiger partial charge in [-0.25, -0.2) is 0 Å². The van der Waals surface area contributed by atoms with Gasteiger partial charge in [0.1, 0.15) is 0 Å². The van der Waals surface area contributed by atoms with E-state index >= 15 is 0 Å². The van der Waals surface area contributed by atoms with Crippen molar-refractivity contribution in [3.63, 3.8) is 0 Å². The molecule has 0 heterocycles. The van der Waals surface area contributed by atoms with Crippen LogP contribution in [0.4, 0.5) is 0 Å². The van der Waals surface area contributed by atoms with Crippen LogP contribution < -0.4 is 11.5 Å². The van der Waals surface area contributed by atoms with Gasteiger partial charge in [-0.1, -0.05) is 71.1 Å². The monoisotopic (exact) mass is 474 g/mol. The van der Waals surface area contributed by atoms with Crippen LogP contribution in [0, 0.1) is 0 Å². The first-order chi connectivity index (χ1) is 14.4. The zero-order valence-corrected chi connectivity index (χ0v) is 19.9. The van der Waals surface area contributed by atoms with Gasteiger partial charge in [-0.05, 0) is 6.42 Å². The number of carboxylic acid groups (broad SMARTS) is 3. The van der Waals surface area contributed by atoms with Gasteiger partial charge in [-0.15, -0.1) is 0 Å². The Hall–Kier alpha value is -1.000. The van der Waals surface area contributed by atoms with E-state index in [4.69, 9.17) is 41.2 Å². The molecule has 0 aliphatic rings. The Bertz CT molecular complexity index is 409. The van der Waals surface area contributed by atoms with E-state index < -0.39 is 23.9 Å². The number of hydrogen-bond acceptors (Lipinski definition) is 6. The Kier molecular flexibility index (Phi) is 44.6. The second-order valence-electron chi connectivity index (χ2n) is 7.15. The summed E-state index contributed by atoms with van der Waals surface area (Å²) in [4.78, 5) is 38.4. The molecule has 0 rings (SSSR count). The Labute approximate surface area is 216 Å². The first-order valence-corrected chi connectivity index (χ1v) is 11.0. The van der Waals surface area contributed by atoms with Gasteiger partial charge in [0, 0.05) is 33.7 Å². The average molecular weight is 475 g/mol. The predicted molar refractivity (Wildman–Crippen MR) is 130 cm³/mol. The number of carboxylic acids is 3. The Morgan fingerprint density at radius 1 is 0.656 bits per heavy atom. The molecule has 10 heteroatoms. The second-order valence-corrected chi connectivity index (χ2v) is 7.15. The first kappa shape index (κ1) is 41.3. The van der Waals surface area contributed by atoms with E-state index in [9.17, 15) is 4.79 Å². The Balaban J connectivity index is -0.000000154. The van der Waals surface area contributed by atoms with Crippen LogP contribution in [0.15, 0.2) is 0 Å². The predicted octanol–water partition coefficient (Wildman–Crippen LogP) is 3.17. The third kappa shape index (κ3) is 70.2. The molecule has 188 valence electrons. The van der Waals surface area contributed by atoms with Crippen LogP contribution in [0.5, 0.6) is 0 Å². The van der Waals surface area contributed by atoms with Gasteiger partial charge in [-0.2, -0.15) is 0 Å². The van der Waals surface area contributed by atoms with Crippen molar-refractivity contribution in [1.29, 1.82) is 0 Å². The molecule has 0 bridgehead atoms. The number of carbonyl (C=O) groups excluding carboxylic acids is 1. The van der Waals surface area contributed by atoms with Crippen LogP contribution in [0.2, 0.25) is 0 Å². The molecule has 0 saturated heterocycles. The fourth-order valence-electron chi connectivity index (χ4n) is 2.28. The van der Waals surface area contributed by atoms with Crippen molar-refractivity contribution in [2.75, 3.05) is 6.54 Å². The SMILES string of the molecule is CC(=O)O.CC(=O)O.CC(=O)O.CCCCCCCCCCCCCC(=O)C(N)CN.[NaH]. The summed E-state index contributed by atoms with van der Waals surface area (Å²) < 4.78 is 0. The van der Waals surface area contributed by atoms with E-state index in [1.165, 1.54) is 57.8 Å². The molecule has 0 amide bonds. The van der Waals surface area contributed by atoms with Crippen molar-refractivity contribution < 1.29 is 34.5 Å². The van der Waals surface area contributed by atoms with E-state index in [1.54, 1.807) is 0 Å². The van der Waals surface area contributed by atoms with Crippen LogP contribution in [0.3, 0.4) is 0 Å². The minimum atomic E-state index is -0.833. The zero-order valence-electron chi connectivity index (χ0n) is 19.9. The number of aliphatic carboxylic acids is 3. The Morgan fingerprint density at radius 2 is 0.906 bits per heavy atom. The normalized spacial score (nSPS) is 9.81. The summed E-state index contributed by atoms with van der Waals surface area (Å²) in [5.74, 6) is -2.38. The molecule has 1 unspecified atom stereocenters. The molecule has 0 aliphatic heterocycles. The molecule has 7 N–H and O–H groups in total. The van der Waals surface area contributed by atoms with Gasteiger partial charge in [0.05, 0.1) is 6.04 Å². The standard InChI is InChI=1S/C16H34N2O.3C2H4O2.Na.H/c1-2-3-4-5-6-7-8-9-10-11-12-13-16(19)15(18)14-17;3*1-2(3)4;;/h15H,2-14,17-18H2,1H3;3*1H3,(H,3,4);;. The molecule has 0 aliphatic carbocycles. The van der Waals surface area contributed by atoms with E-state index in [-0.39, 0.29) is 41.9 Å². The third-order valence-corrected chi connectivity index (χ3v) is 3.69. The van der Waals surface area contributed by atoms with Gasteiger partial charge in [0.25, 0.3) is 17.9 Å². The van der Waals surface area contributed by atoms with E-state index in [1.807, 2.05) is 0 Å². The number of rotatable bonds is 14. The zero-order chi connectivity index (χ0) is 25.1. The van der Waals surface area contributed by atoms with Gasteiger partial charge in [0.2, 0.25) is 0 Å². The molecule has 0 spiro atoms.